The van der Waals surface area contributed by atoms with Gasteiger partial charge in [0.1, 0.15) is 5.82 Å². The molecule has 0 bridgehead atoms. The van der Waals surface area contributed by atoms with Crippen LogP contribution in [-0.4, -0.2) is 23.4 Å². The fraction of sp³-hybridized carbons (Fsp3) is 0.261. The minimum absolute atomic E-state index is 0.0251. The Hall–Kier alpha value is -3.46. The van der Waals surface area contributed by atoms with Crippen molar-refractivity contribution in [3.05, 3.63) is 82.3 Å². The summed E-state index contributed by atoms with van der Waals surface area (Å²) >= 11 is 0. The maximum absolute atomic E-state index is 14.4. The molecule has 2 aromatic carbocycles. The van der Waals surface area contributed by atoms with Gasteiger partial charge in [0.05, 0.1) is 30.4 Å². The van der Waals surface area contributed by atoms with Gasteiger partial charge in [-0.2, -0.15) is 5.26 Å². The summed E-state index contributed by atoms with van der Waals surface area (Å²) in [6.45, 7) is 3.82. The number of nitriles is 1. The van der Waals surface area contributed by atoms with Crippen LogP contribution in [0.5, 0.6) is 0 Å². The molecule has 29 heavy (non-hydrogen) atoms. The molecule has 148 valence electrons. The summed E-state index contributed by atoms with van der Waals surface area (Å²) in [6, 6.07) is 15.1. The highest BCUT2D eigenvalue weighted by molar-refractivity contribution is 5.95. The normalized spacial score (nSPS) is 16.6. The van der Waals surface area contributed by atoms with Crippen LogP contribution in [0, 0.1) is 17.1 Å². The minimum Gasteiger partial charge on any atom is -0.463 e. The average molecular weight is 392 g/mol. The third-order valence-corrected chi connectivity index (χ3v) is 5.02. The van der Waals surface area contributed by atoms with Crippen LogP contribution >= 0.6 is 0 Å². The Morgan fingerprint density at radius 2 is 1.93 bits per heavy atom. The van der Waals surface area contributed by atoms with E-state index in [0.717, 1.165) is 5.56 Å². The Morgan fingerprint density at radius 1 is 1.24 bits per heavy atom. The molecule has 0 saturated heterocycles. The van der Waals surface area contributed by atoms with Crippen LogP contribution in [-0.2, 0) is 20.9 Å². The fourth-order valence-electron chi connectivity index (χ4n) is 3.57. The number of esters is 1. The van der Waals surface area contributed by atoms with E-state index in [1.54, 1.807) is 56.3 Å². The van der Waals surface area contributed by atoms with Crippen molar-refractivity contribution in [2.24, 2.45) is 0 Å². The standard InChI is InChI=1S/C23H21FN2O3/c1-3-29-23(28)22-15(2)26(14-17-10-8-16(13-25)9-11-17)21(27)12-19(22)18-6-4-5-7-20(18)24/h4-11,19H,3,12,14H2,1-2H3. The van der Waals surface area contributed by atoms with Gasteiger partial charge in [0.2, 0.25) is 5.91 Å². The topological polar surface area (TPSA) is 70.4 Å². The fourth-order valence-corrected chi connectivity index (χ4v) is 3.57. The number of benzene rings is 2. The zero-order valence-electron chi connectivity index (χ0n) is 16.3. The van der Waals surface area contributed by atoms with Gasteiger partial charge in [0.25, 0.3) is 0 Å². The highest BCUT2D eigenvalue weighted by Gasteiger charge is 2.37. The van der Waals surface area contributed by atoms with Gasteiger partial charge in [0.15, 0.2) is 0 Å². The van der Waals surface area contributed by atoms with Crippen LogP contribution in [0.25, 0.3) is 0 Å². The monoisotopic (exact) mass is 392 g/mol. The molecule has 1 atom stereocenters. The molecule has 0 radical (unpaired) electrons. The second kappa shape index (κ2) is 8.70. The molecule has 3 rings (SSSR count). The first kappa shape index (κ1) is 20.3. The van der Waals surface area contributed by atoms with E-state index in [1.807, 2.05) is 0 Å². The van der Waals surface area contributed by atoms with Crippen LogP contribution in [0.1, 0.15) is 42.9 Å². The van der Waals surface area contributed by atoms with Crippen molar-refractivity contribution in [2.45, 2.75) is 32.7 Å². The third-order valence-electron chi connectivity index (χ3n) is 5.02. The van der Waals surface area contributed by atoms with E-state index in [9.17, 15) is 14.0 Å². The Kier molecular flexibility index (Phi) is 6.08. The number of carbonyl (C=O) groups excluding carboxylic acids is 2. The number of rotatable bonds is 5. The molecule has 0 aliphatic carbocycles. The zero-order chi connectivity index (χ0) is 21.0. The van der Waals surface area contributed by atoms with Gasteiger partial charge in [-0.05, 0) is 43.2 Å². The van der Waals surface area contributed by atoms with Crippen LogP contribution in [0.4, 0.5) is 4.39 Å². The molecule has 0 spiro atoms. The summed E-state index contributed by atoms with van der Waals surface area (Å²) in [5.41, 5.74) is 2.41. The SMILES string of the molecule is CCOC(=O)C1=C(C)N(Cc2ccc(C#N)cc2)C(=O)CC1c1ccccc1F. The van der Waals surface area contributed by atoms with Crippen LogP contribution in [0.3, 0.4) is 0 Å². The van der Waals surface area contributed by atoms with Crippen molar-refractivity contribution in [2.75, 3.05) is 6.61 Å². The molecule has 6 heteroatoms. The van der Waals surface area contributed by atoms with Crippen LogP contribution < -0.4 is 0 Å². The Bertz CT molecular complexity index is 1010. The van der Waals surface area contributed by atoms with E-state index in [-0.39, 0.29) is 25.5 Å². The minimum atomic E-state index is -0.694. The second-order valence-corrected chi connectivity index (χ2v) is 6.79. The second-order valence-electron chi connectivity index (χ2n) is 6.79. The quantitative estimate of drug-likeness (QED) is 0.720. The summed E-state index contributed by atoms with van der Waals surface area (Å²) < 4.78 is 19.7. The number of allylic oxidation sites excluding steroid dienone is 1. The van der Waals surface area contributed by atoms with Crippen molar-refractivity contribution in [1.82, 2.24) is 4.90 Å². The number of amides is 1. The van der Waals surface area contributed by atoms with Gasteiger partial charge in [-0.3, -0.25) is 4.79 Å². The van der Waals surface area contributed by atoms with Gasteiger partial charge in [-0.15, -0.1) is 0 Å². The first-order chi connectivity index (χ1) is 14.0. The van der Waals surface area contributed by atoms with Crippen LogP contribution in [0.15, 0.2) is 59.8 Å². The molecule has 5 nitrogen and oxygen atoms in total. The number of halogens is 1. The van der Waals surface area contributed by atoms with Gasteiger partial charge >= 0.3 is 5.97 Å². The Morgan fingerprint density at radius 3 is 2.55 bits per heavy atom. The lowest BCUT2D eigenvalue weighted by molar-refractivity contribution is -0.140. The molecular weight excluding hydrogens is 371 g/mol. The third kappa shape index (κ3) is 4.19. The maximum Gasteiger partial charge on any atom is 0.336 e. The van der Waals surface area contributed by atoms with E-state index < -0.39 is 17.7 Å². The number of carbonyl (C=O) groups is 2. The predicted octanol–water partition coefficient (Wildman–Crippen LogP) is 4.05. The largest absolute Gasteiger partial charge is 0.463 e. The molecule has 1 unspecified atom stereocenters. The summed E-state index contributed by atoms with van der Waals surface area (Å²) in [4.78, 5) is 27.2. The molecule has 1 amide bonds. The average Bonchev–Trinajstić information content (AvgIpc) is 2.71. The molecule has 2 aromatic rings. The first-order valence-electron chi connectivity index (χ1n) is 9.38. The molecule has 0 aromatic heterocycles. The predicted molar refractivity (Wildman–Crippen MR) is 105 cm³/mol. The Labute approximate surface area is 169 Å². The Balaban J connectivity index is 2.02. The van der Waals surface area contributed by atoms with Crippen molar-refractivity contribution in [3.63, 3.8) is 0 Å². The zero-order valence-corrected chi connectivity index (χ0v) is 16.3. The lowest BCUT2D eigenvalue weighted by Gasteiger charge is -2.34. The van der Waals surface area contributed by atoms with Gasteiger partial charge in [0, 0.05) is 18.0 Å². The maximum atomic E-state index is 14.4. The molecule has 0 fully saturated rings. The molecule has 0 saturated carbocycles. The van der Waals surface area contributed by atoms with E-state index in [1.165, 1.54) is 11.0 Å². The lowest BCUT2D eigenvalue weighted by Crippen LogP contribution is -2.38. The van der Waals surface area contributed by atoms with Gasteiger partial charge in [-0.25, -0.2) is 9.18 Å². The number of ether oxygens (including phenoxy) is 1. The summed E-state index contributed by atoms with van der Waals surface area (Å²) in [7, 11) is 0. The highest BCUT2D eigenvalue weighted by Crippen LogP contribution is 2.38. The van der Waals surface area contributed by atoms with Crippen molar-refractivity contribution < 1.29 is 18.7 Å². The first-order valence-corrected chi connectivity index (χ1v) is 9.38. The summed E-state index contributed by atoms with van der Waals surface area (Å²) in [6.07, 6.45) is -0.0251. The van der Waals surface area contributed by atoms with Crippen molar-refractivity contribution >= 4 is 11.9 Å². The molecule has 0 N–H and O–H groups in total. The highest BCUT2D eigenvalue weighted by atomic mass is 19.1. The smallest absolute Gasteiger partial charge is 0.336 e. The van der Waals surface area contributed by atoms with Crippen molar-refractivity contribution in [1.29, 1.82) is 5.26 Å². The van der Waals surface area contributed by atoms with Crippen molar-refractivity contribution in [3.8, 4) is 6.07 Å². The number of hydrogen-bond donors (Lipinski definition) is 0. The molecule has 1 aliphatic rings. The van der Waals surface area contributed by atoms with E-state index in [2.05, 4.69) is 6.07 Å². The van der Waals surface area contributed by atoms with Gasteiger partial charge < -0.3 is 9.64 Å². The van der Waals surface area contributed by atoms with Gasteiger partial charge in [-0.1, -0.05) is 30.3 Å². The summed E-state index contributed by atoms with van der Waals surface area (Å²) in [5.74, 6) is -1.90. The van der Waals surface area contributed by atoms with E-state index >= 15 is 0 Å². The molecular formula is C23H21FN2O3. The molecule has 1 aliphatic heterocycles. The lowest BCUT2D eigenvalue weighted by atomic mass is 9.83. The molecule has 1 heterocycles. The van der Waals surface area contributed by atoms with E-state index in [0.29, 0.717) is 22.4 Å². The number of nitrogens with zero attached hydrogens (tertiary/aromatic N) is 2. The van der Waals surface area contributed by atoms with Crippen LogP contribution in [0.2, 0.25) is 0 Å². The number of hydrogen-bond acceptors (Lipinski definition) is 4. The summed E-state index contributed by atoms with van der Waals surface area (Å²) in [5, 5.41) is 8.94. The van der Waals surface area contributed by atoms with E-state index in [4.69, 9.17) is 10.00 Å².